The van der Waals surface area contributed by atoms with Crippen molar-refractivity contribution in [2.75, 3.05) is 11.1 Å². The minimum atomic E-state index is -0.152. The zero-order valence-electron chi connectivity index (χ0n) is 11.8. The summed E-state index contributed by atoms with van der Waals surface area (Å²) >= 11 is 0. The van der Waals surface area contributed by atoms with E-state index in [2.05, 4.69) is 5.32 Å². The van der Waals surface area contributed by atoms with Crippen molar-refractivity contribution in [3.05, 3.63) is 71.8 Å². The number of nitrogen functional groups attached to an aromatic ring is 1. The fourth-order valence-electron chi connectivity index (χ4n) is 2.41. The molecule has 3 rings (SSSR count). The smallest absolute Gasteiger partial charge is 0.255 e. The van der Waals surface area contributed by atoms with Crippen molar-refractivity contribution in [2.24, 2.45) is 0 Å². The summed E-state index contributed by atoms with van der Waals surface area (Å²) in [7, 11) is 0. The first-order chi connectivity index (χ1) is 10.1. The predicted octanol–water partition coefficient (Wildman–Crippen LogP) is 3.98. The summed E-state index contributed by atoms with van der Waals surface area (Å²) in [5, 5.41) is 5.16. The number of carbonyl (C=O) groups is 1. The summed E-state index contributed by atoms with van der Waals surface area (Å²) in [6, 6.07) is 19.3. The zero-order chi connectivity index (χ0) is 14.8. The Balaban J connectivity index is 1.88. The van der Waals surface area contributed by atoms with E-state index in [0.717, 1.165) is 22.0 Å². The van der Waals surface area contributed by atoms with Crippen LogP contribution >= 0.6 is 0 Å². The van der Waals surface area contributed by atoms with Crippen LogP contribution < -0.4 is 11.1 Å². The minimum Gasteiger partial charge on any atom is -0.399 e. The van der Waals surface area contributed by atoms with Crippen LogP contribution in [0.5, 0.6) is 0 Å². The summed E-state index contributed by atoms with van der Waals surface area (Å²) in [5.41, 5.74) is 8.70. The second-order valence-electron chi connectivity index (χ2n) is 5.15. The van der Waals surface area contributed by atoms with Gasteiger partial charge in [-0.3, -0.25) is 4.79 Å². The first-order valence-electron chi connectivity index (χ1n) is 6.79. The molecule has 21 heavy (non-hydrogen) atoms. The van der Waals surface area contributed by atoms with Gasteiger partial charge in [0.15, 0.2) is 0 Å². The Labute approximate surface area is 123 Å². The number of hydrogen-bond acceptors (Lipinski definition) is 2. The van der Waals surface area contributed by atoms with Gasteiger partial charge in [-0.2, -0.15) is 0 Å². The van der Waals surface area contributed by atoms with Crippen LogP contribution in [0.25, 0.3) is 10.8 Å². The minimum absolute atomic E-state index is 0.152. The number of hydrogen-bond donors (Lipinski definition) is 2. The van der Waals surface area contributed by atoms with Gasteiger partial charge in [0, 0.05) is 16.9 Å². The van der Waals surface area contributed by atoms with E-state index in [0.29, 0.717) is 11.3 Å². The van der Waals surface area contributed by atoms with Crippen molar-refractivity contribution in [1.29, 1.82) is 0 Å². The number of nitrogens with two attached hydrogens (primary N) is 1. The van der Waals surface area contributed by atoms with E-state index in [9.17, 15) is 4.79 Å². The Morgan fingerprint density at radius 3 is 2.48 bits per heavy atom. The number of anilines is 2. The molecule has 0 radical (unpaired) electrons. The molecule has 0 atom stereocenters. The van der Waals surface area contributed by atoms with Crippen molar-refractivity contribution in [2.45, 2.75) is 6.92 Å². The second-order valence-corrected chi connectivity index (χ2v) is 5.15. The molecule has 0 aliphatic rings. The molecule has 0 saturated heterocycles. The van der Waals surface area contributed by atoms with Crippen molar-refractivity contribution in [3.8, 4) is 0 Å². The Morgan fingerprint density at radius 2 is 1.71 bits per heavy atom. The van der Waals surface area contributed by atoms with E-state index < -0.39 is 0 Å². The molecule has 3 aromatic rings. The third-order valence-electron chi connectivity index (χ3n) is 3.37. The quantitative estimate of drug-likeness (QED) is 0.695. The first-order valence-corrected chi connectivity index (χ1v) is 6.79. The summed E-state index contributed by atoms with van der Waals surface area (Å²) in [5.74, 6) is -0.152. The number of rotatable bonds is 2. The lowest BCUT2D eigenvalue weighted by Gasteiger charge is -2.08. The van der Waals surface area contributed by atoms with Crippen LogP contribution in [-0.2, 0) is 0 Å². The van der Waals surface area contributed by atoms with Gasteiger partial charge in [0.05, 0.1) is 0 Å². The summed E-state index contributed by atoms with van der Waals surface area (Å²) in [6.07, 6.45) is 0. The lowest BCUT2D eigenvalue weighted by molar-refractivity contribution is 0.102. The number of carbonyl (C=O) groups excluding carboxylic acids is 1. The highest BCUT2D eigenvalue weighted by atomic mass is 16.1. The molecule has 0 heterocycles. The van der Waals surface area contributed by atoms with E-state index in [4.69, 9.17) is 5.73 Å². The fourth-order valence-corrected chi connectivity index (χ4v) is 2.41. The van der Waals surface area contributed by atoms with Crippen LogP contribution in [0.4, 0.5) is 11.4 Å². The normalized spacial score (nSPS) is 10.5. The Hall–Kier alpha value is -2.81. The van der Waals surface area contributed by atoms with E-state index in [1.54, 1.807) is 6.07 Å². The fraction of sp³-hybridized carbons (Fsp3) is 0.0556. The molecule has 104 valence electrons. The first kappa shape index (κ1) is 13.2. The third kappa shape index (κ3) is 2.87. The standard InChI is InChI=1S/C18H16N2O/c1-12-8-15(10-16(19)9-12)18(21)20-17-7-6-13-4-2-3-5-14(13)11-17/h2-11H,19H2,1H3,(H,20,21). The highest BCUT2D eigenvalue weighted by Crippen LogP contribution is 2.20. The molecule has 0 unspecified atom stereocenters. The topological polar surface area (TPSA) is 55.1 Å². The van der Waals surface area contributed by atoms with Crippen LogP contribution in [0.15, 0.2) is 60.7 Å². The predicted molar refractivity (Wildman–Crippen MR) is 87.5 cm³/mol. The zero-order valence-corrected chi connectivity index (χ0v) is 11.8. The lowest BCUT2D eigenvalue weighted by atomic mass is 10.1. The molecule has 0 aromatic heterocycles. The van der Waals surface area contributed by atoms with Gasteiger partial charge in [-0.05, 0) is 53.6 Å². The van der Waals surface area contributed by atoms with Crippen LogP contribution in [0.3, 0.4) is 0 Å². The SMILES string of the molecule is Cc1cc(N)cc(C(=O)Nc2ccc3ccccc3c2)c1. The molecule has 1 amide bonds. The molecule has 0 saturated carbocycles. The van der Waals surface area contributed by atoms with Gasteiger partial charge in [0.1, 0.15) is 0 Å². The second kappa shape index (κ2) is 5.29. The average molecular weight is 276 g/mol. The van der Waals surface area contributed by atoms with Gasteiger partial charge in [0.25, 0.3) is 5.91 Å². The molecule has 3 aromatic carbocycles. The lowest BCUT2D eigenvalue weighted by Crippen LogP contribution is -2.12. The van der Waals surface area contributed by atoms with E-state index in [1.165, 1.54) is 0 Å². The molecule has 3 nitrogen and oxygen atoms in total. The molecule has 3 N–H and O–H groups in total. The van der Waals surface area contributed by atoms with E-state index in [1.807, 2.05) is 61.5 Å². The average Bonchev–Trinajstić information content (AvgIpc) is 2.46. The number of aryl methyl sites for hydroxylation is 1. The number of amides is 1. The maximum atomic E-state index is 12.3. The summed E-state index contributed by atoms with van der Waals surface area (Å²) < 4.78 is 0. The van der Waals surface area contributed by atoms with Gasteiger partial charge in [-0.15, -0.1) is 0 Å². The van der Waals surface area contributed by atoms with Crippen LogP contribution in [-0.4, -0.2) is 5.91 Å². The molecule has 0 bridgehead atoms. The highest BCUT2D eigenvalue weighted by Gasteiger charge is 2.07. The van der Waals surface area contributed by atoms with Crippen LogP contribution in [0.2, 0.25) is 0 Å². The van der Waals surface area contributed by atoms with Crippen molar-refractivity contribution >= 4 is 28.1 Å². The summed E-state index contributed by atoms with van der Waals surface area (Å²) in [4.78, 5) is 12.3. The third-order valence-corrected chi connectivity index (χ3v) is 3.37. The Bertz CT molecular complexity index is 804. The van der Waals surface area contributed by atoms with Crippen LogP contribution in [0, 0.1) is 6.92 Å². The maximum Gasteiger partial charge on any atom is 0.255 e. The summed E-state index contributed by atoms with van der Waals surface area (Å²) in [6.45, 7) is 1.92. The van der Waals surface area contributed by atoms with Gasteiger partial charge >= 0.3 is 0 Å². The highest BCUT2D eigenvalue weighted by molar-refractivity contribution is 6.05. The largest absolute Gasteiger partial charge is 0.399 e. The molecule has 0 spiro atoms. The monoisotopic (exact) mass is 276 g/mol. The van der Waals surface area contributed by atoms with Crippen molar-refractivity contribution < 1.29 is 4.79 Å². The molecule has 0 fully saturated rings. The maximum absolute atomic E-state index is 12.3. The van der Waals surface area contributed by atoms with E-state index in [-0.39, 0.29) is 5.91 Å². The van der Waals surface area contributed by atoms with E-state index >= 15 is 0 Å². The van der Waals surface area contributed by atoms with Crippen molar-refractivity contribution in [3.63, 3.8) is 0 Å². The Morgan fingerprint density at radius 1 is 0.952 bits per heavy atom. The molecule has 0 aliphatic carbocycles. The van der Waals surface area contributed by atoms with Gasteiger partial charge in [-0.25, -0.2) is 0 Å². The van der Waals surface area contributed by atoms with Crippen LogP contribution in [0.1, 0.15) is 15.9 Å². The molecular weight excluding hydrogens is 260 g/mol. The van der Waals surface area contributed by atoms with Gasteiger partial charge in [0.2, 0.25) is 0 Å². The van der Waals surface area contributed by atoms with Gasteiger partial charge in [-0.1, -0.05) is 30.3 Å². The molecular formula is C18H16N2O. The van der Waals surface area contributed by atoms with Gasteiger partial charge < -0.3 is 11.1 Å². The Kier molecular flexibility index (Phi) is 3.32. The van der Waals surface area contributed by atoms with Crippen molar-refractivity contribution in [1.82, 2.24) is 0 Å². The number of fused-ring (bicyclic) bond motifs is 1. The number of nitrogens with one attached hydrogen (secondary N) is 1. The number of benzene rings is 3. The molecule has 0 aliphatic heterocycles. The molecule has 3 heteroatoms.